The van der Waals surface area contributed by atoms with Crippen LogP contribution in [0.5, 0.6) is 0 Å². The van der Waals surface area contributed by atoms with Gasteiger partial charge in [-0.3, -0.25) is 4.68 Å². The van der Waals surface area contributed by atoms with E-state index in [2.05, 4.69) is 48.1 Å². The highest BCUT2D eigenvalue weighted by atomic mass is 15.3. The molecule has 18 heavy (non-hydrogen) atoms. The molecular formula is C15H27N3. The summed E-state index contributed by atoms with van der Waals surface area (Å²) in [5.41, 5.74) is 1.24. The van der Waals surface area contributed by atoms with Crippen molar-refractivity contribution in [1.29, 1.82) is 0 Å². The molecule has 3 heteroatoms. The zero-order valence-electron chi connectivity index (χ0n) is 12.0. The van der Waals surface area contributed by atoms with Crippen molar-refractivity contribution in [2.45, 2.75) is 65.0 Å². The van der Waals surface area contributed by atoms with Crippen molar-refractivity contribution in [2.24, 2.45) is 5.92 Å². The Hall–Kier alpha value is -0.830. The first-order valence-corrected chi connectivity index (χ1v) is 7.46. The second kappa shape index (κ2) is 6.37. The third kappa shape index (κ3) is 4.13. The lowest BCUT2D eigenvalue weighted by Crippen LogP contribution is -2.20. The minimum atomic E-state index is 0.519. The lowest BCUT2D eigenvalue weighted by molar-refractivity contribution is 0.458. The third-order valence-electron chi connectivity index (χ3n) is 3.91. The number of nitrogens with one attached hydrogen (secondary N) is 1. The molecule has 2 unspecified atom stereocenters. The fraction of sp³-hybridized carbons (Fsp3) is 0.800. The molecule has 0 saturated heterocycles. The summed E-state index contributed by atoms with van der Waals surface area (Å²) < 4.78 is 2.10. The van der Waals surface area contributed by atoms with Crippen LogP contribution in [-0.4, -0.2) is 22.4 Å². The van der Waals surface area contributed by atoms with Gasteiger partial charge in [0, 0.05) is 18.3 Å². The molecule has 1 fully saturated rings. The largest absolute Gasteiger partial charge is 0.314 e. The lowest BCUT2D eigenvalue weighted by Gasteiger charge is -2.11. The van der Waals surface area contributed by atoms with Crippen LogP contribution in [0.25, 0.3) is 0 Å². The Morgan fingerprint density at radius 1 is 1.44 bits per heavy atom. The number of nitrogens with zero attached hydrogens (tertiary/aromatic N) is 2. The molecule has 2 rings (SSSR count). The van der Waals surface area contributed by atoms with E-state index in [4.69, 9.17) is 0 Å². The maximum Gasteiger partial charge on any atom is 0.0627 e. The van der Waals surface area contributed by atoms with Crippen LogP contribution in [0.3, 0.4) is 0 Å². The van der Waals surface area contributed by atoms with Gasteiger partial charge < -0.3 is 5.32 Å². The van der Waals surface area contributed by atoms with Crippen LogP contribution in [0.15, 0.2) is 12.3 Å². The van der Waals surface area contributed by atoms with E-state index in [1.54, 1.807) is 0 Å². The number of hydrogen-bond acceptors (Lipinski definition) is 2. The van der Waals surface area contributed by atoms with Crippen molar-refractivity contribution < 1.29 is 0 Å². The molecule has 0 radical (unpaired) electrons. The van der Waals surface area contributed by atoms with Gasteiger partial charge in [-0.1, -0.05) is 13.8 Å². The smallest absolute Gasteiger partial charge is 0.0627 e. The molecule has 1 aromatic heterocycles. The minimum Gasteiger partial charge on any atom is -0.314 e. The highest BCUT2D eigenvalue weighted by Crippen LogP contribution is 2.19. The maximum absolute atomic E-state index is 4.67. The lowest BCUT2D eigenvalue weighted by atomic mass is 10.0. The third-order valence-corrected chi connectivity index (χ3v) is 3.91. The Morgan fingerprint density at radius 2 is 2.22 bits per heavy atom. The summed E-state index contributed by atoms with van der Waals surface area (Å²) in [4.78, 5) is 0. The molecule has 1 aliphatic rings. The highest BCUT2D eigenvalue weighted by molar-refractivity contribution is 5.00. The van der Waals surface area contributed by atoms with Crippen molar-refractivity contribution in [3.63, 3.8) is 0 Å². The van der Waals surface area contributed by atoms with Crippen molar-refractivity contribution in [3.8, 4) is 0 Å². The van der Waals surface area contributed by atoms with Gasteiger partial charge in [-0.05, 0) is 57.6 Å². The minimum absolute atomic E-state index is 0.519. The zero-order valence-corrected chi connectivity index (χ0v) is 12.0. The van der Waals surface area contributed by atoms with E-state index >= 15 is 0 Å². The van der Waals surface area contributed by atoms with Crippen LogP contribution in [0.1, 0.15) is 58.2 Å². The van der Waals surface area contributed by atoms with Crippen molar-refractivity contribution >= 4 is 0 Å². The van der Waals surface area contributed by atoms with E-state index in [-0.39, 0.29) is 0 Å². The molecule has 3 nitrogen and oxygen atoms in total. The standard InChI is InChI=1S/C15H27N3/c1-4-13(3)18-10-8-15(17-18)11-12(2)7-9-16-14-5-6-14/h8,10,12-14,16H,4-7,9,11H2,1-3H3. The summed E-state index contributed by atoms with van der Waals surface area (Å²) in [7, 11) is 0. The van der Waals surface area contributed by atoms with Crippen LogP contribution in [0.2, 0.25) is 0 Å². The van der Waals surface area contributed by atoms with E-state index in [1.165, 1.54) is 25.0 Å². The van der Waals surface area contributed by atoms with E-state index in [9.17, 15) is 0 Å². The van der Waals surface area contributed by atoms with E-state index in [1.807, 2.05) is 0 Å². The van der Waals surface area contributed by atoms with Gasteiger partial charge in [-0.15, -0.1) is 0 Å². The molecule has 0 bridgehead atoms. The SMILES string of the molecule is CCC(C)n1ccc(CC(C)CCNC2CC2)n1. The summed E-state index contributed by atoms with van der Waals surface area (Å²) >= 11 is 0. The first-order chi connectivity index (χ1) is 8.69. The average molecular weight is 249 g/mol. The fourth-order valence-electron chi connectivity index (χ4n) is 2.20. The molecule has 1 aromatic rings. The Morgan fingerprint density at radius 3 is 2.89 bits per heavy atom. The maximum atomic E-state index is 4.67. The van der Waals surface area contributed by atoms with E-state index < -0.39 is 0 Å². The topological polar surface area (TPSA) is 29.9 Å². The molecular weight excluding hydrogens is 222 g/mol. The average Bonchev–Trinajstić information content (AvgIpc) is 3.06. The molecule has 1 N–H and O–H groups in total. The summed E-state index contributed by atoms with van der Waals surface area (Å²) in [5, 5.41) is 8.25. The summed E-state index contributed by atoms with van der Waals surface area (Å²) in [6, 6.07) is 3.53. The van der Waals surface area contributed by atoms with Crippen LogP contribution in [0, 0.1) is 5.92 Å². The van der Waals surface area contributed by atoms with Crippen molar-refractivity contribution in [1.82, 2.24) is 15.1 Å². The second-order valence-corrected chi connectivity index (χ2v) is 5.87. The van der Waals surface area contributed by atoms with Crippen LogP contribution < -0.4 is 5.32 Å². The summed E-state index contributed by atoms with van der Waals surface area (Å²) in [6.07, 6.45) is 8.39. The Labute approximate surface area is 111 Å². The molecule has 1 aliphatic carbocycles. The fourth-order valence-corrected chi connectivity index (χ4v) is 2.20. The first-order valence-electron chi connectivity index (χ1n) is 7.46. The predicted molar refractivity (Wildman–Crippen MR) is 75.7 cm³/mol. The predicted octanol–water partition coefficient (Wildman–Crippen LogP) is 3.17. The molecule has 2 atom stereocenters. The van der Waals surface area contributed by atoms with Crippen molar-refractivity contribution in [3.05, 3.63) is 18.0 Å². The van der Waals surface area contributed by atoms with Gasteiger partial charge in [0.1, 0.15) is 0 Å². The zero-order chi connectivity index (χ0) is 13.0. The molecule has 0 spiro atoms. The second-order valence-electron chi connectivity index (χ2n) is 5.87. The summed E-state index contributed by atoms with van der Waals surface area (Å²) in [6.45, 7) is 7.92. The molecule has 0 aliphatic heterocycles. The van der Waals surface area contributed by atoms with Gasteiger partial charge >= 0.3 is 0 Å². The van der Waals surface area contributed by atoms with Crippen LogP contribution in [0.4, 0.5) is 0 Å². The van der Waals surface area contributed by atoms with Crippen LogP contribution in [-0.2, 0) is 6.42 Å². The molecule has 0 aromatic carbocycles. The number of rotatable bonds is 8. The van der Waals surface area contributed by atoms with Gasteiger partial charge in [-0.2, -0.15) is 5.10 Å². The highest BCUT2D eigenvalue weighted by Gasteiger charge is 2.20. The normalized spacial score (nSPS) is 18.8. The Balaban J connectivity index is 1.71. The van der Waals surface area contributed by atoms with Gasteiger partial charge in [-0.25, -0.2) is 0 Å². The van der Waals surface area contributed by atoms with Crippen LogP contribution >= 0.6 is 0 Å². The van der Waals surface area contributed by atoms with Gasteiger partial charge in [0.25, 0.3) is 0 Å². The number of aromatic nitrogens is 2. The van der Waals surface area contributed by atoms with Gasteiger partial charge in [0.05, 0.1) is 5.69 Å². The quantitative estimate of drug-likeness (QED) is 0.767. The molecule has 102 valence electrons. The molecule has 1 saturated carbocycles. The first kappa shape index (κ1) is 13.6. The van der Waals surface area contributed by atoms with Gasteiger partial charge in [0.15, 0.2) is 0 Å². The van der Waals surface area contributed by atoms with E-state index in [0.717, 1.165) is 31.3 Å². The summed E-state index contributed by atoms with van der Waals surface area (Å²) in [5.74, 6) is 0.719. The monoisotopic (exact) mass is 249 g/mol. The van der Waals surface area contributed by atoms with Gasteiger partial charge in [0.2, 0.25) is 0 Å². The Kier molecular flexibility index (Phi) is 4.81. The molecule has 1 heterocycles. The molecule has 0 amide bonds. The van der Waals surface area contributed by atoms with E-state index in [0.29, 0.717) is 6.04 Å². The van der Waals surface area contributed by atoms with Crippen molar-refractivity contribution in [2.75, 3.05) is 6.54 Å². The number of hydrogen-bond donors (Lipinski definition) is 1. The Bertz CT molecular complexity index is 354.